The Hall–Kier alpha value is -1.64. The molecule has 0 aromatic carbocycles. The van der Waals surface area contributed by atoms with Gasteiger partial charge in [-0.1, -0.05) is 0 Å². The molecule has 0 spiro atoms. The van der Waals surface area contributed by atoms with Gasteiger partial charge in [-0.25, -0.2) is 14.6 Å². The summed E-state index contributed by atoms with van der Waals surface area (Å²) in [5.74, 6) is 0.720. The first kappa shape index (κ1) is 12.4. The number of nitrogen functional groups attached to an aromatic ring is 1. The molecule has 4 nitrogen and oxygen atoms in total. The topological polar surface area (TPSA) is 60.2 Å². The van der Waals surface area contributed by atoms with E-state index >= 15 is 0 Å². The maximum absolute atomic E-state index is 12.9. The lowest BCUT2D eigenvalue weighted by Crippen LogP contribution is -2.21. The first-order valence-electron chi connectivity index (χ1n) is 3.85. The van der Waals surface area contributed by atoms with Gasteiger partial charge in [0, 0.05) is 6.07 Å². The van der Waals surface area contributed by atoms with Gasteiger partial charge >= 0.3 is 6.18 Å². The highest BCUT2D eigenvalue weighted by Gasteiger charge is 2.29. The van der Waals surface area contributed by atoms with E-state index < -0.39 is 36.1 Å². The highest BCUT2D eigenvalue weighted by atomic mass is 19.4. The molecule has 9 heteroatoms. The summed E-state index contributed by atoms with van der Waals surface area (Å²) in [4.78, 5) is 3.09. The SMILES string of the molecule is NNc1nc(OCC(F)(F)F)c(F)cc1F. The van der Waals surface area contributed by atoms with Crippen molar-refractivity contribution in [3.05, 3.63) is 17.7 Å². The molecular formula is C7H6F5N3O. The fourth-order valence-corrected chi connectivity index (χ4v) is 0.802. The maximum Gasteiger partial charge on any atom is 0.422 e. The minimum atomic E-state index is -4.64. The summed E-state index contributed by atoms with van der Waals surface area (Å²) in [5.41, 5.74) is 1.75. The predicted octanol–water partition coefficient (Wildman–Crippen LogP) is 1.59. The van der Waals surface area contributed by atoms with Crippen LogP contribution in [0.3, 0.4) is 0 Å². The molecule has 16 heavy (non-hydrogen) atoms. The van der Waals surface area contributed by atoms with E-state index in [0.717, 1.165) is 0 Å². The van der Waals surface area contributed by atoms with Gasteiger partial charge in [-0.05, 0) is 0 Å². The molecule has 90 valence electrons. The van der Waals surface area contributed by atoms with Crippen LogP contribution in [-0.2, 0) is 0 Å². The van der Waals surface area contributed by atoms with E-state index in [9.17, 15) is 22.0 Å². The van der Waals surface area contributed by atoms with Crippen molar-refractivity contribution >= 4 is 5.82 Å². The molecule has 0 radical (unpaired) electrons. The molecule has 1 rings (SSSR count). The second-order valence-electron chi connectivity index (χ2n) is 2.65. The summed E-state index contributed by atoms with van der Waals surface area (Å²) in [5, 5.41) is 0. The van der Waals surface area contributed by atoms with Gasteiger partial charge in [0.25, 0.3) is 5.88 Å². The molecule has 0 aliphatic rings. The Labute approximate surface area is 86.2 Å². The fraction of sp³-hybridized carbons (Fsp3) is 0.286. The van der Waals surface area contributed by atoms with Crippen LogP contribution in [0.1, 0.15) is 0 Å². The third-order valence-electron chi connectivity index (χ3n) is 1.41. The number of hydrogen-bond acceptors (Lipinski definition) is 4. The number of pyridine rings is 1. The number of nitrogens with zero attached hydrogens (tertiary/aromatic N) is 1. The first-order valence-corrected chi connectivity index (χ1v) is 3.85. The van der Waals surface area contributed by atoms with Crippen molar-refractivity contribution in [3.63, 3.8) is 0 Å². The zero-order valence-electron chi connectivity index (χ0n) is 7.61. The minimum Gasteiger partial charge on any atom is -0.466 e. The fourth-order valence-electron chi connectivity index (χ4n) is 0.802. The van der Waals surface area contributed by atoms with Gasteiger partial charge in [-0.15, -0.1) is 0 Å². The lowest BCUT2D eigenvalue weighted by Gasteiger charge is -2.10. The molecule has 0 amide bonds. The highest BCUT2D eigenvalue weighted by Crippen LogP contribution is 2.22. The molecule has 0 atom stereocenters. The van der Waals surface area contributed by atoms with Crippen molar-refractivity contribution in [3.8, 4) is 5.88 Å². The Morgan fingerprint density at radius 2 is 1.94 bits per heavy atom. The Balaban J connectivity index is 2.88. The van der Waals surface area contributed by atoms with Gasteiger partial charge in [0.15, 0.2) is 24.1 Å². The summed E-state index contributed by atoms with van der Waals surface area (Å²) >= 11 is 0. The van der Waals surface area contributed by atoms with E-state index in [1.807, 2.05) is 0 Å². The molecular weight excluding hydrogens is 237 g/mol. The molecule has 3 N–H and O–H groups in total. The zero-order chi connectivity index (χ0) is 12.3. The van der Waals surface area contributed by atoms with Crippen molar-refractivity contribution in [2.45, 2.75) is 6.18 Å². The van der Waals surface area contributed by atoms with Crippen LogP contribution in [0.2, 0.25) is 0 Å². The van der Waals surface area contributed by atoms with Crippen LogP contribution < -0.4 is 16.0 Å². The number of ether oxygens (including phenoxy) is 1. The van der Waals surface area contributed by atoms with Crippen molar-refractivity contribution in [2.75, 3.05) is 12.0 Å². The molecule has 1 aromatic heterocycles. The Morgan fingerprint density at radius 3 is 2.44 bits per heavy atom. The van der Waals surface area contributed by atoms with Gasteiger partial charge in [-0.3, -0.25) is 0 Å². The summed E-state index contributed by atoms with van der Waals surface area (Å²) in [6.45, 7) is -1.73. The summed E-state index contributed by atoms with van der Waals surface area (Å²) in [6, 6.07) is 0.313. The van der Waals surface area contributed by atoms with Crippen LogP contribution in [0.4, 0.5) is 27.8 Å². The average molecular weight is 243 g/mol. The maximum atomic E-state index is 12.9. The van der Waals surface area contributed by atoms with Crippen LogP contribution in [0.15, 0.2) is 6.07 Å². The molecule has 0 saturated carbocycles. The molecule has 0 bridgehead atoms. The largest absolute Gasteiger partial charge is 0.466 e. The standard InChI is InChI=1S/C7H6F5N3O/c8-3-1-4(9)6(14-5(3)15-13)16-2-7(10,11)12/h1H,2,13H2,(H,14,15). The molecule has 0 unspecified atom stereocenters. The van der Waals surface area contributed by atoms with E-state index in [2.05, 4.69) is 9.72 Å². The smallest absolute Gasteiger partial charge is 0.422 e. The first-order chi connectivity index (χ1) is 7.33. The molecule has 0 fully saturated rings. The summed E-state index contributed by atoms with van der Waals surface area (Å²) in [7, 11) is 0. The number of rotatable bonds is 3. The van der Waals surface area contributed by atoms with Gasteiger partial charge in [0.05, 0.1) is 0 Å². The highest BCUT2D eigenvalue weighted by molar-refractivity contribution is 5.38. The third kappa shape index (κ3) is 3.19. The molecule has 1 heterocycles. The number of alkyl halides is 3. The normalized spacial score (nSPS) is 11.4. The van der Waals surface area contributed by atoms with Gasteiger partial charge in [0.1, 0.15) is 0 Å². The third-order valence-corrected chi connectivity index (χ3v) is 1.41. The second kappa shape index (κ2) is 4.47. The number of halogens is 5. The number of anilines is 1. The Morgan fingerprint density at radius 1 is 1.31 bits per heavy atom. The van der Waals surface area contributed by atoms with Gasteiger partial charge in [0.2, 0.25) is 0 Å². The predicted molar refractivity (Wildman–Crippen MR) is 43.5 cm³/mol. The van der Waals surface area contributed by atoms with E-state index in [1.54, 1.807) is 5.43 Å². The van der Waals surface area contributed by atoms with Crippen molar-refractivity contribution in [1.29, 1.82) is 0 Å². The quantitative estimate of drug-likeness (QED) is 0.480. The van der Waals surface area contributed by atoms with Crippen molar-refractivity contribution in [1.82, 2.24) is 4.98 Å². The molecule has 0 aliphatic carbocycles. The number of hydrazine groups is 1. The van der Waals surface area contributed by atoms with E-state index in [1.165, 1.54) is 0 Å². The minimum absolute atomic E-state index is 0.313. The monoisotopic (exact) mass is 243 g/mol. The average Bonchev–Trinajstić information content (AvgIpc) is 2.15. The second-order valence-corrected chi connectivity index (χ2v) is 2.65. The summed E-state index contributed by atoms with van der Waals surface area (Å²) < 4.78 is 64.9. The molecule has 0 saturated heterocycles. The van der Waals surface area contributed by atoms with Crippen molar-refractivity contribution < 1.29 is 26.7 Å². The van der Waals surface area contributed by atoms with Gasteiger partial charge in [-0.2, -0.15) is 18.2 Å². The van der Waals surface area contributed by atoms with Crippen LogP contribution in [0.25, 0.3) is 0 Å². The lowest BCUT2D eigenvalue weighted by molar-refractivity contribution is -0.154. The van der Waals surface area contributed by atoms with E-state index in [0.29, 0.717) is 6.07 Å². The number of nitrogens with one attached hydrogen (secondary N) is 1. The van der Waals surface area contributed by atoms with Crippen LogP contribution in [0.5, 0.6) is 5.88 Å². The zero-order valence-corrected chi connectivity index (χ0v) is 7.61. The molecule has 0 aliphatic heterocycles. The van der Waals surface area contributed by atoms with Crippen molar-refractivity contribution in [2.24, 2.45) is 5.84 Å². The van der Waals surface area contributed by atoms with Crippen LogP contribution >= 0.6 is 0 Å². The Kier molecular flexibility index (Phi) is 3.48. The number of hydrogen-bond donors (Lipinski definition) is 2. The van der Waals surface area contributed by atoms with E-state index in [-0.39, 0.29) is 0 Å². The van der Waals surface area contributed by atoms with Crippen LogP contribution in [-0.4, -0.2) is 17.8 Å². The lowest BCUT2D eigenvalue weighted by atomic mass is 10.4. The van der Waals surface area contributed by atoms with E-state index in [4.69, 9.17) is 5.84 Å². The Bertz CT molecular complexity index is 381. The number of aromatic nitrogens is 1. The number of nitrogens with two attached hydrogens (primary N) is 1. The van der Waals surface area contributed by atoms with Crippen LogP contribution in [0, 0.1) is 11.6 Å². The molecule has 1 aromatic rings. The summed E-state index contributed by atoms with van der Waals surface area (Å²) in [6.07, 6.45) is -4.64. The van der Waals surface area contributed by atoms with Gasteiger partial charge < -0.3 is 10.2 Å².